The number of hydrogen-bond acceptors (Lipinski definition) is 2. The Bertz CT molecular complexity index is 596. The van der Waals surface area contributed by atoms with E-state index in [4.69, 9.17) is 5.11 Å². The quantitative estimate of drug-likeness (QED) is 0.910. The normalized spacial score (nSPS) is 10.3. The zero-order valence-electron chi connectivity index (χ0n) is 9.86. The lowest BCUT2D eigenvalue weighted by molar-refractivity contribution is 0.102. The SMILES string of the molecule is O=C(Nc1cccc(CO)c1)c1cc(F)cc(Br)c1. The Morgan fingerprint density at radius 3 is 2.74 bits per heavy atom. The second-order valence-electron chi connectivity index (χ2n) is 3.97. The Labute approximate surface area is 118 Å². The Hall–Kier alpha value is -1.72. The van der Waals surface area contributed by atoms with Gasteiger partial charge < -0.3 is 10.4 Å². The van der Waals surface area contributed by atoms with Crippen LogP contribution in [0.1, 0.15) is 15.9 Å². The number of aliphatic hydroxyl groups is 1. The maximum atomic E-state index is 13.2. The minimum Gasteiger partial charge on any atom is -0.392 e. The van der Waals surface area contributed by atoms with Gasteiger partial charge in [-0.25, -0.2) is 4.39 Å². The van der Waals surface area contributed by atoms with Crippen LogP contribution in [0.2, 0.25) is 0 Å². The molecular formula is C14H11BrFNO2. The third kappa shape index (κ3) is 3.62. The van der Waals surface area contributed by atoms with E-state index in [1.54, 1.807) is 24.3 Å². The summed E-state index contributed by atoms with van der Waals surface area (Å²) in [5, 5.41) is 11.7. The highest BCUT2D eigenvalue weighted by Crippen LogP contribution is 2.17. The molecule has 3 nitrogen and oxygen atoms in total. The summed E-state index contributed by atoms with van der Waals surface area (Å²) in [6.45, 7) is -0.102. The second-order valence-corrected chi connectivity index (χ2v) is 4.89. The minimum absolute atomic E-state index is 0.102. The van der Waals surface area contributed by atoms with Gasteiger partial charge in [-0.15, -0.1) is 0 Å². The van der Waals surface area contributed by atoms with Gasteiger partial charge in [-0.1, -0.05) is 28.1 Å². The lowest BCUT2D eigenvalue weighted by Crippen LogP contribution is -2.12. The second kappa shape index (κ2) is 5.95. The van der Waals surface area contributed by atoms with Gasteiger partial charge in [-0.05, 0) is 35.9 Å². The highest BCUT2D eigenvalue weighted by atomic mass is 79.9. The highest BCUT2D eigenvalue weighted by molar-refractivity contribution is 9.10. The summed E-state index contributed by atoms with van der Waals surface area (Å²) in [6, 6.07) is 10.8. The predicted octanol–water partition coefficient (Wildman–Crippen LogP) is 3.33. The molecule has 0 atom stereocenters. The molecule has 2 rings (SSSR count). The van der Waals surface area contributed by atoms with Crippen LogP contribution in [-0.2, 0) is 6.61 Å². The van der Waals surface area contributed by atoms with Crippen molar-refractivity contribution in [1.82, 2.24) is 0 Å². The van der Waals surface area contributed by atoms with Crippen molar-refractivity contribution in [2.24, 2.45) is 0 Å². The molecule has 2 N–H and O–H groups in total. The van der Waals surface area contributed by atoms with Gasteiger partial charge in [0, 0.05) is 15.7 Å². The molecule has 5 heteroatoms. The number of amides is 1. The van der Waals surface area contributed by atoms with Gasteiger partial charge in [0.05, 0.1) is 6.61 Å². The maximum absolute atomic E-state index is 13.2. The molecule has 0 radical (unpaired) electrons. The fraction of sp³-hybridized carbons (Fsp3) is 0.0714. The van der Waals surface area contributed by atoms with Crippen LogP contribution < -0.4 is 5.32 Å². The molecule has 2 aromatic rings. The molecule has 0 aliphatic carbocycles. The van der Waals surface area contributed by atoms with Crippen LogP contribution in [0.4, 0.5) is 10.1 Å². The number of carbonyl (C=O) groups is 1. The fourth-order valence-electron chi connectivity index (χ4n) is 1.64. The maximum Gasteiger partial charge on any atom is 0.255 e. The molecule has 2 aromatic carbocycles. The van der Waals surface area contributed by atoms with Gasteiger partial charge in [0.15, 0.2) is 0 Å². The van der Waals surface area contributed by atoms with Crippen LogP contribution >= 0.6 is 15.9 Å². The van der Waals surface area contributed by atoms with E-state index in [-0.39, 0.29) is 12.2 Å². The molecule has 0 aromatic heterocycles. The van der Waals surface area contributed by atoms with Crippen molar-refractivity contribution >= 4 is 27.5 Å². The number of benzene rings is 2. The van der Waals surface area contributed by atoms with Crippen LogP contribution in [0.3, 0.4) is 0 Å². The fourth-order valence-corrected chi connectivity index (χ4v) is 2.10. The smallest absolute Gasteiger partial charge is 0.255 e. The van der Waals surface area contributed by atoms with Gasteiger partial charge in [0.2, 0.25) is 0 Å². The number of nitrogens with one attached hydrogen (secondary N) is 1. The van der Waals surface area contributed by atoms with E-state index in [0.717, 1.165) is 6.07 Å². The molecule has 0 fully saturated rings. The van der Waals surface area contributed by atoms with E-state index < -0.39 is 11.7 Å². The van der Waals surface area contributed by atoms with Crippen LogP contribution in [0.5, 0.6) is 0 Å². The van der Waals surface area contributed by atoms with Crippen LogP contribution in [0.25, 0.3) is 0 Å². The third-order valence-corrected chi connectivity index (χ3v) is 2.95. The largest absolute Gasteiger partial charge is 0.392 e. The van der Waals surface area contributed by atoms with Crippen molar-refractivity contribution in [1.29, 1.82) is 0 Å². The first kappa shape index (κ1) is 13.7. The molecule has 0 saturated carbocycles. The lowest BCUT2D eigenvalue weighted by atomic mass is 10.2. The molecule has 0 saturated heterocycles. The summed E-state index contributed by atoms with van der Waals surface area (Å²) in [7, 11) is 0. The molecule has 98 valence electrons. The van der Waals surface area contributed by atoms with E-state index in [9.17, 15) is 9.18 Å². The summed E-state index contributed by atoms with van der Waals surface area (Å²) in [6.07, 6.45) is 0. The average Bonchev–Trinajstić information content (AvgIpc) is 2.37. The van der Waals surface area contributed by atoms with Crippen molar-refractivity contribution < 1.29 is 14.3 Å². The van der Waals surface area contributed by atoms with Crippen LogP contribution in [0.15, 0.2) is 46.9 Å². The number of rotatable bonds is 3. The number of hydrogen-bond donors (Lipinski definition) is 2. The van der Waals surface area contributed by atoms with Crippen LogP contribution in [-0.4, -0.2) is 11.0 Å². The predicted molar refractivity (Wildman–Crippen MR) is 74.4 cm³/mol. The molecular weight excluding hydrogens is 313 g/mol. The number of anilines is 1. The highest BCUT2D eigenvalue weighted by Gasteiger charge is 2.09. The molecule has 19 heavy (non-hydrogen) atoms. The Morgan fingerprint density at radius 1 is 1.26 bits per heavy atom. The molecule has 0 aliphatic rings. The van der Waals surface area contributed by atoms with Crippen LogP contribution in [0, 0.1) is 5.82 Å². The van der Waals surface area contributed by atoms with Gasteiger partial charge in [-0.3, -0.25) is 4.79 Å². The zero-order valence-corrected chi connectivity index (χ0v) is 11.4. The number of halogens is 2. The monoisotopic (exact) mass is 323 g/mol. The Balaban J connectivity index is 2.20. The van der Waals surface area contributed by atoms with Gasteiger partial charge in [-0.2, -0.15) is 0 Å². The molecule has 0 bridgehead atoms. The topological polar surface area (TPSA) is 49.3 Å². The van der Waals surface area contributed by atoms with Gasteiger partial charge in [0.1, 0.15) is 5.82 Å². The van der Waals surface area contributed by atoms with Gasteiger partial charge in [0.25, 0.3) is 5.91 Å². The zero-order chi connectivity index (χ0) is 13.8. The number of aliphatic hydroxyl groups excluding tert-OH is 1. The first-order valence-corrected chi connectivity index (χ1v) is 6.35. The first-order valence-electron chi connectivity index (χ1n) is 5.56. The summed E-state index contributed by atoms with van der Waals surface area (Å²) in [4.78, 5) is 12.0. The molecule has 0 unspecified atom stereocenters. The number of carbonyl (C=O) groups excluding carboxylic acids is 1. The van der Waals surface area contributed by atoms with E-state index in [1.807, 2.05) is 0 Å². The summed E-state index contributed by atoms with van der Waals surface area (Å²) >= 11 is 3.14. The summed E-state index contributed by atoms with van der Waals surface area (Å²) < 4.78 is 13.7. The van der Waals surface area contributed by atoms with E-state index in [1.165, 1.54) is 12.1 Å². The summed E-state index contributed by atoms with van der Waals surface area (Å²) in [5.41, 5.74) is 1.47. The van der Waals surface area contributed by atoms with E-state index >= 15 is 0 Å². The lowest BCUT2D eigenvalue weighted by Gasteiger charge is -2.07. The minimum atomic E-state index is -0.483. The third-order valence-electron chi connectivity index (χ3n) is 2.49. The molecule has 0 aliphatic heterocycles. The van der Waals surface area contributed by atoms with E-state index in [2.05, 4.69) is 21.2 Å². The van der Waals surface area contributed by atoms with E-state index in [0.29, 0.717) is 15.7 Å². The average molecular weight is 324 g/mol. The van der Waals surface area contributed by atoms with Gasteiger partial charge >= 0.3 is 0 Å². The standard InChI is InChI=1S/C14H11BrFNO2/c15-11-5-10(6-12(16)7-11)14(19)17-13-3-1-2-9(4-13)8-18/h1-7,18H,8H2,(H,17,19). The molecule has 0 heterocycles. The molecule has 1 amide bonds. The summed E-state index contributed by atoms with van der Waals surface area (Å²) in [5.74, 6) is -0.890. The van der Waals surface area contributed by atoms with Crippen molar-refractivity contribution in [3.63, 3.8) is 0 Å². The molecule has 0 spiro atoms. The van der Waals surface area contributed by atoms with Crippen molar-refractivity contribution in [3.8, 4) is 0 Å². The Morgan fingerprint density at radius 2 is 2.05 bits per heavy atom. The van der Waals surface area contributed by atoms with Crippen molar-refractivity contribution in [2.45, 2.75) is 6.61 Å². The van der Waals surface area contributed by atoms with Crippen molar-refractivity contribution in [2.75, 3.05) is 5.32 Å². The Kier molecular flexibility index (Phi) is 4.29. The first-order chi connectivity index (χ1) is 9.08. The van der Waals surface area contributed by atoms with Crippen molar-refractivity contribution in [3.05, 3.63) is 63.9 Å².